The first-order valence-electron chi connectivity index (χ1n) is 11.7. The average molecular weight is 469 g/mol. The van der Waals surface area contributed by atoms with E-state index in [2.05, 4.69) is 22.8 Å². The number of rotatable bonds is 12. The van der Waals surface area contributed by atoms with Gasteiger partial charge >= 0.3 is 12.1 Å². The molecule has 8 heteroatoms. The number of carboxylic acid groups (broad SMARTS) is 1. The lowest BCUT2D eigenvalue weighted by Gasteiger charge is -2.21. The summed E-state index contributed by atoms with van der Waals surface area (Å²) in [6.45, 7) is 1.82. The molecule has 4 N–H and O–H groups in total. The third kappa shape index (κ3) is 6.35. The van der Waals surface area contributed by atoms with E-state index in [1.54, 1.807) is 0 Å². The van der Waals surface area contributed by atoms with Crippen molar-refractivity contribution < 1.29 is 29.3 Å². The SMILES string of the molecule is CCCC[C@H](CC(=O)N[C@H](CCO)C(=O)O)NC(=O)OCC1c2ccccc2-c2ccccc21. The minimum atomic E-state index is -1.21. The van der Waals surface area contributed by atoms with Crippen molar-refractivity contribution in [1.82, 2.24) is 10.6 Å². The van der Waals surface area contributed by atoms with Crippen molar-refractivity contribution in [3.8, 4) is 11.1 Å². The first-order valence-corrected chi connectivity index (χ1v) is 11.7. The van der Waals surface area contributed by atoms with Crippen molar-refractivity contribution in [2.45, 2.75) is 57.0 Å². The summed E-state index contributed by atoms with van der Waals surface area (Å²) in [6, 6.07) is 14.5. The van der Waals surface area contributed by atoms with E-state index >= 15 is 0 Å². The van der Waals surface area contributed by atoms with Gasteiger partial charge in [-0.3, -0.25) is 4.79 Å². The Morgan fingerprint density at radius 2 is 1.59 bits per heavy atom. The molecule has 0 saturated carbocycles. The normalized spacial score (nSPS) is 13.9. The van der Waals surface area contributed by atoms with Crippen molar-refractivity contribution in [2.75, 3.05) is 13.2 Å². The first kappa shape index (κ1) is 25.2. The lowest BCUT2D eigenvalue weighted by molar-refractivity contribution is -0.142. The number of carbonyl (C=O) groups is 3. The molecule has 34 heavy (non-hydrogen) atoms. The lowest BCUT2D eigenvalue weighted by atomic mass is 9.98. The Morgan fingerprint density at radius 3 is 2.15 bits per heavy atom. The molecule has 0 saturated heterocycles. The third-order valence-electron chi connectivity index (χ3n) is 6.05. The van der Waals surface area contributed by atoms with Gasteiger partial charge in [-0.1, -0.05) is 68.3 Å². The molecule has 0 aromatic heterocycles. The van der Waals surface area contributed by atoms with Crippen molar-refractivity contribution in [3.63, 3.8) is 0 Å². The molecule has 0 radical (unpaired) electrons. The summed E-state index contributed by atoms with van der Waals surface area (Å²) in [5, 5.41) is 23.3. The second-order valence-electron chi connectivity index (χ2n) is 8.48. The first-order chi connectivity index (χ1) is 16.4. The van der Waals surface area contributed by atoms with E-state index in [9.17, 15) is 19.5 Å². The molecule has 1 aliphatic carbocycles. The van der Waals surface area contributed by atoms with Gasteiger partial charge in [0.2, 0.25) is 5.91 Å². The summed E-state index contributed by atoms with van der Waals surface area (Å²) >= 11 is 0. The molecule has 0 unspecified atom stereocenters. The van der Waals surface area contributed by atoms with Gasteiger partial charge in [0.25, 0.3) is 0 Å². The van der Waals surface area contributed by atoms with E-state index in [1.807, 2.05) is 43.3 Å². The minimum absolute atomic E-state index is 0.0645. The number of alkyl carbamates (subject to hydrolysis) is 1. The number of fused-ring (bicyclic) bond motifs is 3. The van der Waals surface area contributed by atoms with E-state index in [-0.39, 0.29) is 32.0 Å². The summed E-state index contributed by atoms with van der Waals surface area (Å²) in [5.41, 5.74) is 4.50. The molecular formula is C26H32N2O6. The molecule has 182 valence electrons. The number of carbonyl (C=O) groups excluding carboxylic acids is 2. The van der Waals surface area contributed by atoms with Gasteiger partial charge in [-0.25, -0.2) is 9.59 Å². The summed E-state index contributed by atoms with van der Waals surface area (Å²) in [6.07, 6.45) is 1.47. The number of ether oxygens (including phenoxy) is 1. The largest absolute Gasteiger partial charge is 0.480 e. The van der Waals surface area contributed by atoms with E-state index in [0.29, 0.717) is 6.42 Å². The Bertz CT molecular complexity index is 963. The molecule has 0 fully saturated rings. The van der Waals surface area contributed by atoms with Gasteiger partial charge in [0.1, 0.15) is 12.6 Å². The molecule has 0 bridgehead atoms. The highest BCUT2D eigenvalue weighted by molar-refractivity contribution is 5.84. The average Bonchev–Trinajstić information content (AvgIpc) is 3.14. The number of carboxylic acids is 1. The molecule has 0 aliphatic heterocycles. The number of nitrogens with one attached hydrogen (secondary N) is 2. The highest BCUT2D eigenvalue weighted by Gasteiger charge is 2.29. The Labute approximate surface area is 199 Å². The van der Waals surface area contributed by atoms with Crippen LogP contribution in [0.25, 0.3) is 11.1 Å². The topological polar surface area (TPSA) is 125 Å². The van der Waals surface area contributed by atoms with Crippen molar-refractivity contribution >= 4 is 18.0 Å². The summed E-state index contributed by atoms with van der Waals surface area (Å²) < 4.78 is 5.58. The molecule has 2 atom stereocenters. The van der Waals surface area contributed by atoms with Gasteiger partial charge in [0.05, 0.1) is 0 Å². The third-order valence-corrected chi connectivity index (χ3v) is 6.05. The van der Waals surface area contributed by atoms with Crippen LogP contribution in [0.3, 0.4) is 0 Å². The van der Waals surface area contributed by atoms with Gasteiger partial charge in [0.15, 0.2) is 0 Å². The number of aliphatic carboxylic acids is 1. The van der Waals surface area contributed by atoms with Crippen molar-refractivity contribution in [1.29, 1.82) is 0 Å². The second-order valence-corrected chi connectivity index (χ2v) is 8.48. The van der Waals surface area contributed by atoms with Crippen LogP contribution in [0.2, 0.25) is 0 Å². The fourth-order valence-electron chi connectivity index (χ4n) is 4.35. The van der Waals surface area contributed by atoms with Crippen LogP contribution < -0.4 is 10.6 Å². The number of hydrogen-bond acceptors (Lipinski definition) is 5. The van der Waals surface area contributed by atoms with Crippen LogP contribution in [0.15, 0.2) is 48.5 Å². The number of amides is 2. The zero-order chi connectivity index (χ0) is 24.5. The maximum atomic E-state index is 12.6. The predicted octanol–water partition coefficient (Wildman–Crippen LogP) is 3.43. The Hall–Kier alpha value is -3.39. The molecule has 0 spiro atoms. The minimum Gasteiger partial charge on any atom is -0.480 e. The maximum absolute atomic E-state index is 12.6. The van der Waals surface area contributed by atoms with Crippen molar-refractivity contribution in [3.05, 3.63) is 59.7 Å². The predicted molar refractivity (Wildman–Crippen MR) is 127 cm³/mol. The van der Waals surface area contributed by atoms with Crippen LogP contribution in [0.5, 0.6) is 0 Å². The van der Waals surface area contributed by atoms with E-state index in [0.717, 1.165) is 35.1 Å². The summed E-state index contributed by atoms with van der Waals surface area (Å²) in [5.74, 6) is -1.77. The fraction of sp³-hybridized carbons (Fsp3) is 0.423. The molecule has 3 rings (SSSR count). The Morgan fingerprint density at radius 1 is 0.971 bits per heavy atom. The standard InChI is InChI=1S/C26H32N2O6/c1-2-3-8-17(15-24(30)28-23(13-14-29)25(31)32)27-26(33)34-16-22-20-11-6-4-9-18(20)19-10-5-7-12-21(19)22/h4-7,9-12,17,22-23,29H,2-3,8,13-16H2,1H3,(H,27,33)(H,28,30)(H,31,32)/t17-,23-/m1/s1. The van der Waals surface area contributed by atoms with Crippen LogP contribution in [0.4, 0.5) is 4.79 Å². The Balaban J connectivity index is 1.60. The lowest BCUT2D eigenvalue weighted by Crippen LogP contribution is -2.45. The molecule has 0 heterocycles. The van der Waals surface area contributed by atoms with Gasteiger partial charge in [0, 0.05) is 31.4 Å². The summed E-state index contributed by atoms with van der Waals surface area (Å²) in [7, 11) is 0. The maximum Gasteiger partial charge on any atom is 0.407 e. The monoisotopic (exact) mass is 468 g/mol. The fourth-order valence-corrected chi connectivity index (χ4v) is 4.35. The smallest absolute Gasteiger partial charge is 0.407 e. The van der Waals surface area contributed by atoms with Gasteiger partial charge < -0.3 is 25.6 Å². The van der Waals surface area contributed by atoms with Gasteiger partial charge in [-0.2, -0.15) is 0 Å². The zero-order valence-corrected chi connectivity index (χ0v) is 19.3. The van der Waals surface area contributed by atoms with Crippen LogP contribution in [-0.2, 0) is 14.3 Å². The number of benzene rings is 2. The number of aliphatic hydroxyl groups is 1. The van der Waals surface area contributed by atoms with Crippen LogP contribution in [0, 0.1) is 0 Å². The van der Waals surface area contributed by atoms with Crippen LogP contribution in [0.1, 0.15) is 56.1 Å². The molecule has 1 aliphatic rings. The van der Waals surface area contributed by atoms with E-state index in [4.69, 9.17) is 9.84 Å². The highest BCUT2D eigenvalue weighted by atomic mass is 16.5. The molecular weight excluding hydrogens is 436 g/mol. The highest BCUT2D eigenvalue weighted by Crippen LogP contribution is 2.44. The number of aliphatic hydroxyl groups excluding tert-OH is 1. The molecule has 8 nitrogen and oxygen atoms in total. The van der Waals surface area contributed by atoms with Crippen molar-refractivity contribution in [2.24, 2.45) is 0 Å². The van der Waals surface area contributed by atoms with Crippen LogP contribution in [-0.4, -0.2) is 53.5 Å². The number of unbranched alkanes of at least 4 members (excludes halogenated alkanes) is 1. The zero-order valence-electron chi connectivity index (χ0n) is 19.3. The molecule has 2 aromatic rings. The number of hydrogen-bond donors (Lipinski definition) is 4. The summed E-state index contributed by atoms with van der Waals surface area (Å²) in [4.78, 5) is 36.2. The van der Waals surface area contributed by atoms with Gasteiger partial charge in [-0.05, 0) is 28.7 Å². The molecule has 2 amide bonds. The molecule has 2 aromatic carbocycles. The quantitative estimate of drug-likeness (QED) is 0.378. The van der Waals surface area contributed by atoms with E-state index in [1.165, 1.54) is 0 Å². The van der Waals surface area contributed by atoms with E-state index < -0.39 is 30.1 Å². The van der Waals surface area contributed by atoms with Gasteiger partial charge in [-0.15, -0.1) is 0 Å². The second kappa shape index (κ2) is 12.2. The van der Waals surface area contributed by atoms with Crippen LogP contribution >= 0.6 is 0 Å². The Kier molecular flexibility index (Phi) is 9.04.